The maximum absolute atomic E-state index is 9.75. The van der Waals surface area contributed by atoms with Crippen molar-refractivity contribution in [2.24, 2.45) is 17.3 Å². The Balaban J connectivity index is 1.64. The van der Waals surface area contributed by atoms with Crippen molar-refractivity contribution in [1.29, 1.82) is 0 Å². The Bertz CT molecular complexity index is 567. The first-order valence-electron chi connectivity index (χ1n) is 9.07. The van der Waals surface area contributed by atoms with Crippen LogP contribution < -0.4 is 0 Å². The van der Waals surface area contributed by atoms with Crippen LogP contribution in [0.5, 0.6) is 5.75 Å². The molecule has 3 aliphatic rings. The minimum atomic E-state index is 0.394. The third kappa shape index (κ3) is 2.03. The second-order valence-corrected chi connectivity index (χ2v) is 7.86. The standard InChI is InChI=1S/C20H28O2/c1-3-22-19-9-8-18-17-6-4-13-12-14(21)5-7-15(13)16(17)10-11-20(18,19)2/h5,7,12,16-19,21H,3-4,6,8-11H2,1-2H3/t16?,17?,18?,19-,20?/m0/s1. The summed E-state index contributed by atoms with van der Waals surface area (Å²) in [5.41, 5.74) is 3.31. The lowest BCUT2D eigenvalue weighted by Gasteiger charge is -2.50. The Morgan fingerprint density at radius 3 is 2.91 bits per heavy atom. The molecule has 22 heavy (non-hydrogen) atoms. The summed E-state index contributed by atoms with van der Waals surface area (Å²) in [4.78, 5) is 0. The van der Waals surface area contributed by atoms with Gasteiger partial charge in [0.2, 0.25) is 0 Å². The van der Waals surface area contributed by atoms with Gasteiger partial charge in [-0.05, 0) is 91.9 Å². The highest BCUT2D eigenvalue weighted by molar-refractivity contribution is 5.40. The minimum Gasteiger partial charge on any atom is -0.508 e. The van der Waals surface area contributed by atoms with Gasteiger partial charge in [-0.15, -0.1) is 0 Å². The Kier molecular flexibility index (Phi) is 3.48. The average Bonchev–Trinajstić information content (AvgIpc) is 2.84. The molecule has 1 aromatic carbocycles. The lowest BCUT2D eigenvalue weighted by atomic mass is 9.55. The molecule has 0 radical (unpaired) electrons. The van der Waals surface area contributed by atoms with Crippen molar-refractivity contribution in [3.8, 4) is 5.75 Å². The normalized spacial score (nSPS) is 39.9. The monoisotopic (exact) mass is 300 g/mol. The summed E-state index contributed by atoms with van der Waals surface area (Å²) in [5, 5.41) is 9.75. The molecule has 0 saturated heterocycles. The summed E-state index contributed by atoms with van der Waals surface area (Å²) in [5.74, 6) is 2.78. The van der Waals surface area contributed by atoms with E-state index in [1.807, 2.05) is 12.1 Å². The van der Waals surface area contributed by atoms with Crippen LogP contribution in [0.25, 0.3) is 0 Å². The van der Waals surface area contributed by atoms with Crippen LogP contribution in [0.4, 0.5) is 0 Å². The van der Waals surface area contributed by atoms with Gasteiger partial charge >= 0.3 is 0 Å². The van der Waals surface area contributed by atoms with Gasteiger partial charge in [0.25, 0.3) is 0 Å². The van der Waals surface area contributed by atoms with Crippen LogP contribution in [0.2, 0.25) is 0 Å². The molecule has 1 aromatic rings. The van der Waals surface area contributed by atoms with Gasteiger partial charge in [0.15, 0.2) is 0 Å². The Morgan fingerprint density at radius 2 is 2.09 bits per heavy atom. The molecule has 120 valence electrons. The van der Waals surface area contributed by atoms with Crippen molar-refractivity contribution in [3.05, 3.63) is 29.3 Å². The maximum Gasteiger partial charge on any atom is 0.115 e. The predicted molar refractivity (Wildman–Crippen MR) is 88.1 cm³/mol. The molecule has 2 saturated carbocycles. The number of hydrogen-bond donors (Lipinski definition) is 1. The highest BCUT2D eigenvalue weighted by Crippen LogP contribution is 2.61. The van der Waals surface area contributed by atoms with Crippen molar-refractivity contribution in [1.82, 2.24) is 0 Å². The van der Waals surface area contributed by atoms with E-state index in [1.165, 1.54) is 43.2 Å². The topological polar surface area (TPSA) is 29.5 Å². The van der Waals surface area contributed by atoms with Crippen LogP contribution >= 0.6 is 0 Å². The van der Waals surface area contributed by atoms with E-state index in [-0.39, 0.29) is 0 Å². The van der Waals surface area contributed by atoms with E-state index >= 15 is 0 Å². The lowest BCUT2D eigenvalue weighted by Crippen LogP contribution is -2.44. The molecular weight excluding hydrogens is 272 g/mol. The SMILES string of the molecule is CCO[C@H]1CCC2C3CCc4cc(O)ccc4C3CCC21C. The summed E-state index contributed by atoms with van der Waals surface area (Å²) in [6, 6.07) is 6.07. The first-order valence-corrected chi connectivity index (χ1v) is 9.07. The van der Waals surface area contributed by atoms with E-state index < -0.39 is 0 Å². The number of benzene rings is 1. The Labute approximate surface area is 133 Å². The molecule has 0 amide bonds. The highest BCUT2D eigenvalue weighted by atomic mass is 16.5. The van der Waals surface area contributed by atoms with E-state index in [2.05, 4.69) is 19.9 Å². The van der Waals surface area contributed by atoms with Crippen LogP contribution in [0, 0.1) is 17.3 Å². The fourth-order valence-corrected chi connectivity index (χ4v) is 6.00. The number of aromatic hydroxyl groups is 1. The fraction of sp³-hybridized carbons (Fsp3) is 0.700. The van der Waals surface area contributed by atoms with Crippen molar-refractivity contribution >= 4 is 0 Å². The molecule has 4 unspecified atom stereocenters. The summed E-state index contributed by atoms with van der Waals surface area (Å²) >= 11 is 0. The smallest absolute Gasteiger partial charge is 0.115 e. The minimum absolute atomic E-state index is 0.394. The molecule has 3 aliphatic carbocycles. The molecule has 0 aromatic heterocycles. The number of aryl methyl sites for hydroxylation is 1. The molecule has 2 nitrogen and oxygen atoms in total. The average molecular weight is 300 g/mol. The summed E-state index contributed by atoms with van der Waals surface area (Å²) < 4.78 is 6.11. The lowest BCUT2D eigenvalue weighted by molar-refractivity contribution is -0.0600. The number of rotatable bonds is 2. The molecule has 4 rings (SSSR count). The van der Waals surface area contributed by atoms with Gasteiger partial charge in [-0.1, -0.05) is 13.0 Å². The van der Waals surface area contributed by atoms with Crippen LogP contribution in [-0.2, 0) is 11.2 Å². The van der Waals surface area contributed by atoms with Crippen LogP contribution in [0.3, 0.4) is 0 Å². The van der Waals surface area contributed by atoms with E-state index in [9.17, 15) is 5.11 Å². The summed E-state index contributed by atoms with van der Waals surface area (Å²) in [6.45, 7) is 5.47. The van der Waals surface area contributed by atoms with Crippen molar-refractivity contribution < 1.29 is 9.84 Å². The molecule has 0 spiro atoms. The Morgan fingerprint density at radius 1 is 1.23 bits per heavy atom. The number of phenolic OH excluding ortho intramolecular Hbond substituents is 1. The van der Waals surface area contributed by atoms with Gasteiger partial charge in [0.05, 0.1) is 6.10 Å². The first kappa shape index (κ1) is 14.6. The van der Waals surface area contributed by atoms with E-state index in [0.717, 1.165) is 24.9 Å². The predicted octanol–water partition coefficient (Wildman–Crippen LogP) is 4.65. The molecule has 0 heterocycles. The largest absolute Gasteiger partial charge is 0.508 e. The quantitative estimate of drug-likeness (QED) is 0.861. The van der Waals surface area contributed by atoms with Gasteiger partial charge in [-0.3, -0.25) is 0 Å². The molecule has 5 atom stereocenters. The van der Waals surface area contributed by atoms with Crippen LogP contribution in [0.15, 0.2) is 18.2 Å². The maximum atomic E-state index is 9.75. The zero-order chi connectivity index (χ0) is 15.3. The van der Waals surface area contributed by atoms with Crippen molar-refractivity contribution in [2.75, 3.05) is 6.61 Å². The third-order valence-corrected chi connectivity index (χ3v) is 6.99. The van der Waals surface area contributed by atoms with E-state index in [1.54, 1.807) is 0 Å². The summed E-state index contributed by atoms with van der Waals surface area (Å²) in [7, 11) is 0. The molecule has 1 N–H and O–H groups in total. The van der Waals surface area contributed by atoms with Crippen molar-refractivity contribution in [3.63, 3.8) is 0 Å². The molecule has 2 fully saturated rings. The van der Waals surface area contributed by atoms with Crippen LogP contribution in [-0.4, -0.2) is 17.8 Å². The second kappa shape index (κ2) is 5.26. The van der Waals surface area contributed by atoms with Crippen LogP contribution in [0.1, 0.15) is 63.0 Å². The van der Waals surface area contributed by atoms with E-state index in [4.69, 9.17) is 4.74 Å². The zero-order valence-corrected chi connectivity index (χ0v) is 13.8. The number of phenols is 1. The van der Waals surface area contributed by atoms with Gasteiger partial charge in [-0.25, -0.2) is 0 Å². The highest BCUT2D eigenvalue weighted by Gasteiger charge is 2.55. The van der Waals surface area contributed by atoms with Gasteiger partial charge < -0.3 is 9.84 Å². The number of ether oxygens (including phenoxy) is 1. The Hall–Kier alpha value is -1.02. The van der Waals surface area contributed by atoms with Crippen molar-refractivity contribution in [2.45, 2.75) is 64.4 Å². The number of fused-ring (bicyclic) bond motifs is 5. The van der Waals surface area contributed by atoms with E-state index in [0.29, 0.717) is 23.2 Å². The third-order valence-electron chi connectivity index (χ3n) is 6.99. The molecular formula is C20H28O2. The van der Waals surface area contributed by atoms with Gasteiger partial charge in [-0.2, -0.15) is 0 Å². The molecule has 0 bridgehead atoms. The fourth-order valence-electron chi connectivity index (χ4n) is 6.00. The summed E-state index contributed by atoms with van der Waals surface area (Å²) in [6.07, 6.45) is 8.08. The zero-order valence-electron chi connectivity index (χ0n) is 13.8. The van der Waals surface area contributed by atoms with Gasteiger partial charge in [0.1, 0.15) is 5.75 Å². The molecule has 2 heteroatoms. The number of hydrogen-bond acceptors (Lipinski definition) is 2. The molecule has 0 aliphatic heterocycles. The first-order chi connectivity index (χ1) is 10.6. The van der Waals surface area contributed by atoms with Gasteiger partial charge in [0, 0.05) is 6.61 Å². The second-order valence-electron chi connectivity index (χ2n) is 7.86.